The van der Waals surface area contributed by atoms with Crippen LogP contribution in [0.5, 0.6) is 0 Å². The molecule has 1 saturated heterocycles. The third-order valence-corrected chi connectivity index (χ3v) is 5.21. The molecule has 2 fully saturated rings. The summed E-state index contributed by atoms with van der Waals surface area (Å²) in [4.78, 5) is 11.1. The van der Waals surface area contributed by atoms with Gasteiger partial charge in [0, 0.05) is 30.5 Å². The lowest BCUT2D eigenvalue weighted by molar-refractivity contribution is -0.117. The highest BCUT2D eigenvalue weighted by molar-refractivity contribution is 6.62. The van der Waals surface area contributed by atoms with Crippen LogP contribution < -0.4 is 5.46 Å². The molecule has 2 heterocycles. The molecular weight excluding hydrogens is 291 g/mol. The molecule has 3 rings (SSSR count). The van der Waals surface area contributed by atoms with Crippen molar-refractivity contribution in [2.24, 2.45) is 0 Å². The van der Waals surface area contributed by atoms with Crippen LogP contribution in [0.15, 0.2) is 6.20 Å². The maximum Gasteiger partial charge on any atom is 0.498 e. The van der Waals surface area contributed by atoms with E-state index in [0.717, 1.165) is 24.1 Å². The van der Waals surface area contributed by atoms with Gasteiger partial charge < -0.3 is 14.1 Å². The van der Waals surface area contributed by atoms with Gasteiger partial charge in [0.25, 0.3) is 0 Å². The zero-order chi connectivity index (χ0) is 16.8. The fourth-order valence-electron chi connectivity index (χ4n) is 2.88. The van der Waals surface area contributed by atoms with Crippen molar-refractivity contribution in [1.29, 1.82) is 0 Å². The topological polar surface area (TPSA) is 53.4 Å². The molecule has 0 unspecified atom stereocenters. The number of rotatable bonds is 6. The van der Waals surface area contributed by atoms with Gasteiger partial charge in [-0.15, -0.1) is 0 Å². The molecule has 0 spiro atoms. The normalized spacial score (nSPS) is 22.6. The molecule has 0 radical (unpaired) electrons. The van der Waals surface area contributed by atoms with Gasteiger partial charge in [0.1, 0.15) is 5.78 Å². The second-order valence-corrected chi connectivity index (χ2v) is 7.90. The number of hydrogen-bond donors (Lipinski definition) is 0. The first-order valence-electron chi connectivity index (χ1n) is 8.62. The minimum atomic E-state index is -0.350. The summed E-state index contributed by atoms with van der Waals surface area (Å²) < 4.78 is 14.3. The van der Waals surface area contributed by atoms with Crippen molar-refractivity contribution in [3.63, 3.8) is 0 Å². The Morgan fingerprint density at radius 3 is 2.43 bits per heavy atom. The van der Waals surface area contributed by atoms with Crippen LogP contribution in [0.25, 0.3) is 0 Å². The molecule has 0 amide bonds. The Kier molecular flexibility index (Phi) is 4.17. The number of carbonyl (C=O) groups is 1. The van der Waals surface area contributed by atoms with E-state index in [1.807, 2.05) is 4.68 Å². The lowest BCUT2D eigenvalue weighted by Gasteiger charge is -2.32. The number of hydrogen-bond acceptors (Lipinski definition) is 4. The predicted molar refractivity (Wildman–Crippen MR) is 89.8 cm³/mol. The smallest absolute Gasteiger partial charge is 0.399 e. The van der Waals surface area contributed by atoms with Crippen molar-refractivity contribution < 1.29 is 14.1 Å². The van der Waals surface area contributed by atoms with Crippen molar-refractivity contribution >= 4 is 18.4 Å². The summed E-state index contributed by atoms with van der Waals surface area (Å²) in [6, 6.07) is 0. The van der Waals surface area contributed by atoms with Crippen LogP contribution in [0.2, 0.25) is 0 Å². The minimum Gasteiger partial charge on any atom is -0.399 e. The quantitative estimate of drug-likeness (QED) is 0.756. The van der Waals surface area contributed by atoms with Gasteiger partial charge in [-0.2, -0.15) is 5.10 Å². The second-order valence-electron chi connectivity index (χ2n) is 7.90. The van der Waals surface area contributed by atoms with Crippen molar-refractivity contribution in [3.8, 4) is 0 Å². The van der Waals surface area contributed by atoms with Crippen molar-refractivity contribution in [3.05, 3.63) is 11.9 Å². The molecule has 0 bridgehead atoms. The fourth-order valence-corrected chi connectivity index (χ4v) is 2.88. The molecule has 1 aromatic rings. The van der Waals surface area contributed by atoms with Gasteiger partial charge in [0.05, 0.1) is 16.9 Å². The first-order valence-corrected chi connectivity index (χ1v) is 8.62. The third kappa shape index (κ3) is 3.38. The first kappa shape index (κ1) is 16.7. The van der Waals surface area contributed by atoms with Crippen LogP contribution in [0, 0.1) is 0 Å². The van der Waals surface area contributed by atoms with Crippen LogP contribution in [0.4, 0.5) is 0 Å². The standard InChI is InChI=1S/C17H27BN2O3/c1-12(21)7-6-10-20-11-14(15(19-20)13-8-9-13)18-22-16(2,3)17(4,5)23-18/h11,13H,6-10H2,1-5H3. The Labute approximate surface area is 138 Å². The molecule has 1 saturated carbocycles. The predicted octanol–water partition coefficient (Wildman–Crippen LogP) is 2.43. The highest BCUT2D eigenvalue weighted by Crippen LogP contribution is 2.41. The van der Waals surface area contributed by atoms with Crippen LogP contribution in [-0.4, -0.2) is 33.9 Å². The second kappa shape index (κ2) is 5.74. The zero-order valence-corrected chi connectivity index (χ0v) is 14.9. The number of carbonyl (C=O) groups excluding carboxylic acids is 1. The monoisotopic (exact) mass is 318 g/mol. The molecule has 5 nitrogen and oxygen atoms in total. The van der Waals surface area contributed by atoms with E-state index in [-0.39, 0.29) is 24.1 Å². The van der Waals surface area contributed by atoms with Crippen LogP contribution in [0.1, 0.15) is 71.9 Å². The Balaban J connectivity index is 1.79. The summed E-state index contributed by atoms with van der Waals surface area (Å²) in [5.41, 5.74) is 1.50. The maximum absolute atomic E-state index is 11.1. The summed E-state index contributed by atoms with van der Waals surface area (Å²) in [6.07, 6.45) is 5.86. The van der Waals surface area contributed by atoms with Gasteiger partial charge in [-0.25, -0.2) is 0 Å². The molecule has 1 aliphatic heterocycles. The van der Waals surface area contributed by atoms with E-state index in [4.69, 9.17) is 14.4 Å². The summed E-state index contributed by atoms with van der Waals surface area (Å²) in [6.45, 7) is 10.7. The number of nitrogens with zero attached hydrogens (tertiary/aromatic N) is 2. The number of Topliss-reactive ketones (excluding diaryl/α,β-unsaturated/α-hetero) is 1. The van der Waals surface area contributed by atoms with E-state index in [0.29, 0.717) is 12.3 Å². The fraction of sp³-hybridized carbons (Fsp3) is 0.765. The largest absolute Gasteiger partial charge is 0.498 e. The van der Waals surface area contributed by atoms with Crippen molar-refractivity contribution in [2.45, 2.75) is 84.0 Å². The molecule has 2 aliphatic rings. The number of ketones is 1. The number of aromatic nitrogens is 2. The average molecular weight is 318 g/mol. The Hall–Kier alpha value is -1.14. The minimum absolute atomic E-state index is 0.228. The SMILES string of the molecule is CC(=O)CCCn1cc(B2OC(C)(C)C(C)(C)O2)c(C2CC2)n1. The summed E-state index contributed by atoms with van der Waals surface area (Å²) >= 11 is 0. The van der Waals surface area contributed by atoms with Gasteiger partial charge in [-0.3, -0.25) is 4.68 Å². The molecular formula is C17H27BN2O3. The summed E-state index contributed by atoms with van der Waals surface area (Å²) in [5.74, 6) is 0.767. The van der Waals surface area contributed by atoms with Gasteiger partial charge in [-0.1, -0.05) is 0 Å². The van der Waals surface area contributed by atoms with Gasteiger partial charge in [0.15, 0.2) is 0 Å². The van der Waals surface area contributed by atoms with E-state index in [1.165, 1.54) is 12.8 Å². The van der Waals surface area contributed by atoms with Gasteiger partial charge >= 0.3 is 7.12 Å². The van der Waals surface area contributed by atoms with Crippen molar-refractivity contribution in [1.82, 2.24) is 9.78 Å². The summed E-state index contributed by atoms with van der Waals surface area (Å²) in [5, 5.41) is 4.75. The van der Waals surface area contributed by atoms with Crippen molar-refractivity contribution in [2.75, 3.05) is 0 Å². The Morgan fingerprint density at radius 1 is 1.30 bits per heavy atom. The van der Waals surface area contributed by atoms with Crippen LogP contribution >= 0.6 is 0 Å². The highest BCUT2D eigenvalue weighted by atomic mass is 16.7. The van der Waals surface area contributed by atoms with Crippen LogP contribution in [0.3, 0.4) is 0 Å². The van der Waals surface area contributed by atoms with E-state index in [2.05, 4.69) is 33.9 Å². The van der Waals surface area contributed by atoms with E-state index in [1.54, 1.807) is 6.92 Å². The molecule has 23 heavy (non-hydrogen) atoms. The first-order chi connectivity index (χ1) is 10.7. The van der Waals surface area contributed by atoms with Crippen LogP contribution in [-0.2, 0) is 20.6 Å². The molecule has 1 aliphatic carbocycles. The summed E-state index contributed by atoms with van der Waals surface area (Å²) in [7, 11) is -0.350. The lowest BCUT2D eigenvalue weighted by Crippen LogP contribution is -2.41. The Bertz CT molecular complexity index is 589. The Morgan fingerprint density at radius 2 is 1.91 bits per heavy atom. The maximum atomic E-state index is 11.1. The molecule has 0 atom stereocenters. The number of aryl methyl sites for hydroxylation is 1. The average Bonchev–Trinajstić information content (AvgIpc) is 3.13. The van der Waals surface area contributed by atoms with E-state index < -0.39 is 0 Å². The molecule has 126 valence electrons. The molecule has 1 aromatic heterocycles. The van der Waals surface area contributed by atoms with Gasteiger partial charge in [0.2, 0.25) is 0 Å². The van der Waals surface area contributed by atoms with E-state index in [9.17, 15) is 4.79 Å². The molecule has 6 heteroatoms. The molecule has 0 N–H and O–H groups in total. The third-order valence-electron chi connectivity index (χ3n) is 5.21. The molecule has 0 aromatic carbocycles. The highest BCUT2D eigenvalue weighted by Gasteiger charge is 2.53. The lowest BCUT2D eigenvalue weighted by atomic mass is 9.78. The van der Waals surface area contributed by atoms with Gasteiger partial charge in [-0.05, 0) is 53.9 Å². The van der Waals surface area contributed by atoms with E-state index >= 15 is 0 Å². The zero-order valence-electron chi connectivity index (χ0n) is 14.9.